The Morgan fingerprint density at radius 2 is 1.47 bits per heavy atom. The minimum absolute atomic E-state index is 0.212. The van der Waals surface area contributed by atoms with Gasteiger partial charge in [0.05, 0.1) is 6.61 Å². The van der Waals surface area contributed by atoms with Crippen LogP contribution in [0.1, 0.15) is 11.1 Å². The lowest BCUT2D eigenvalue weighted by Crippen LogP contribution is -2.44. The molecule has 0 aliphatic rings. The quantitative estimate of drug-likeness (QED) is 0.747. The molecule has 1 aromatic carbocycles. The van der Waals surface area contributed by atoms with E-state index in [-0.39, 0.29) is 5.56 Å². The second-order valence-corrected chi connectivity index (χ2v) is 3.72. The molecule has 1 rings (SSSR count). The normalized spacial score (nSPS) is 12.8. The maximum absolute atomic E-state index is 12.2. The van der Waals surface area contributed by atoms with Crippen molar-refractivity contribution in [1.29, 1.82) is 0 Å². The maximum Gasteiger partial charge on any atom is 0.423 e. The van der Waals surface area contributed by atoms with Crippen LogP contribution in [0.3, 0.4) is 0 Å². The Morgan fingerprint density at radius 3 is 1.84 bits per heavy atom. The number of alkyl halides is 6. The van der Waals surface area contributed by atoms with Gasteiger partial charge in [-0.15, -0.1) is 0 Å². The highest BCUT2D eigenvalue weighted by Crippen LogP contribution is 2.36. The molecule has 0 saturated carbocycles. The van der Waals surface area contributed by atoms with Crippen molar-refractivity contribution in [2.75, 3.05) is 0 Å². The largest absolute Gasteiger partial charge is 0.423 e. The number of hydrogen-bond acceptors (Lipinski definition) is 1. The van der Waals surface area contributed by atoms with Crippen LogP contribution in [0.2, 0.25) is 0 Å². The first-order valence-corrected chi connectivity index (χ1v) is 5.11. The highest BCUT2D eigenvalue weighted by molar-refractivity contribution is 5.47. The van der Waals surface area contributed by atoms with Crippen molar-refractivity contribution in [2.45, 2.75) is 25.1 Å². The number of halogens is 6. The van der Waals surface area contributed by atoms with E-state index < -0.39 is 25.1 Å². The molecule has 0 amide bonds. The van der Waals surface area contributed by atoms with E-state index in [1.165, 1.54) is 30.3 Å². The van der Waals surface area contributed by atoms with E-state index in [2.05, 4.69) is 11.3 Å². The van der Waals surface area contributed by atoms with Gasteiger partial charge in [0.25, 0.3) is 0 Å². The monoisotopic (exact) mass is 284 g/mol. The van der Waals surface area contributed by atoms with Crippen molar-refractivity contribution in [3.8, 4) is 0 Å². The molecular weight excluding hydrogens is 274 g/mol. The highest BCUT2D eigenvalue weighted by atomic mass is 19.4. The molecule has 19 heavy (non-hydrogen) atoms. The Labute approximate surface area is 105 Å². The molecule has 0 heterocycles. The Kier molecular flexibility index (Phi) is 4.62. The fourth-order valence-electron chi connectivity index (χ4n) is 1.30. The summed E-state index contributed by atoms with van der Waals surface area (Å²) in [5.41, 5.74) is 0.913. The number of benzene rings is 1. The molecule has 0 fully saturated rings. The number of hydrogen-bond donors (Lipinski definition) is 0. The molecule has 0 aromatic heterocycles. The Hall–Kier alpha value is -1.50. The summed E-state index contributed by atoms with van der Waals surface area (Å²) in [4.78, 5) is 0. The van der Waals surface area contributed by atoms with E-state index in [0.717, 1.165) is 0 Å². The summed E-state index contributed by atoms with van der Waals surface area (Å²) in [5.74, 6) is 0. The average Bonchev–Trinajstić information content (AvgIpc) is 2.26. The van der Waals surface area contributed by atoms with E-state index in [9.17, 15) is 26.3 Å². The SMILES string of the molecule is C=Cc1ccc(COC(C(F)(F)F)C(F)(F)F)cc1. The lowest BCUT2D eigenvalue weighted by Gasteiger charge is -2.23. The molecule has 0 radical (unpaired) electrons. The lowest BCUT2D eigenvalue weighted by molar-refractivity contribution is -0.324. The molecule has 0 unspecified atom stereocenters. The van der Waals surface area contributed by atoms with Gasteiger partial charge in [-0.25, -0.2) is 0 Å². The predicted octanol–water partition coefficient (Wildman–Crippen LogP) is 4.34. The number of rotatable bonds is 4. The van der Waals surface area contributed by atoms with Crippen LogP contribution in [0.15, 0.2) is 30.8 Å². The summed E-state index contributed by atoms with van der Waals surface area (Å²) in [6.45, 7) is 2.69. The summed E-state index contributed by atoms with van der Waals surface area (Å²) in [6.07, 6.45) is -13.3. The minimum atomic E-state index is -5.49. The van der Waals surface area contributed by atoms with Crippen LogP contribution in [0, 0.1) is 0 Å². The van der Waals surface area contributed by atoms with Gasteiger partial charge in [-0.1, -0.05) is 36.9 Å². The molecule has 0 saturated heterocycles. The second kappa shape index (κ2) is 5.64. The molecule has 106 valence electrons. The van der Waals surface area contributed by atoms with Crippen LogP contribution in [0.5, 0.6) is 0 Å². The zero-order valence-electron chi connectivity index (χ0n) is 9.55. The first-order chi connectivity index (χ1) is 8.64. The third-order valence-corrected chi connectivity index (χ3v) is 2.23. The zero-order valence-corrected chi connectivity index (χ0v) is 9.55. The Bertz CT molecular complexity index is 403. The first-order valence-electron chi connectivity index (χ1n) is 5.11. The summed E-state index contributed by atoms with van der Waals surface area (Å²) >= 11 is 0. The smallest absolute Gasteiger partial charge is 0.356 e. The third kappa shape index (κ3) is 4.59. The fraction of sp³-hybridized carbons (Fsp3) is 0.333. The summed E-state index contributed by atoms with van der Waals surface area (Å²) in [7, 11) is 0. The minimum Gasteiger partial charge on any atom is -0.356 e. The van der Waals surface area contributed by atoms with Crippen molar-refractivity contribution in [3.63, 3.8) is 0 Å². The van der Waals surface area contributed by atoms with Crippen LogP contribution in [-0.2, 0) is 11.3 Å². The molecule has 7 heteroatoms. The first kappa shape index (κ1) is 15.6. The molecule has 0 aliphatic carbocycles. The summed E-state index contributed by atoms with van der Waals surface area (Å²) < 4.78 is 77.0. The van der Waals surface area contributed by atoms with Crippen LogP contribution >= 0.6 is 0 Å². The molecule has 0 aliphatic heterocycles. The van der Waals surface area contributed by atoms with Gasteiger partial charge in [-0.3, -0.25) is 0 Å². The molecule has 0 spiro atoms. The molecule has 1 aromatic rings. The van der Waals surface area contributed by atoms with Crippen molar-refractivity contribution >= 4 is 6.08 Å². The standard InChI is InChI=1S/C12H10F6O/c1-2-8-3-5-9(6-4-8)7-19-10(11(13,14)15)12(16,17)18/h2-6,10H,1,7H2. The molecular formula is C12H10F6O. The van der Waals surface area contributed by atoms with Crippen molar-refractivity contribution in [2.24, 2.45) is 0 Å². The van der Waals surface area contributed by atoms with Gasteiger partial charge in [-0.2, -0.15) is 26.3 Å². The Morgan fingerprint density at radius 1 is 1.00 bits per heavy atom. The van der Waals surface area contributed by atoms with Gasteiger partial charge in [-0.05, 0) is 11.1 Å². The van der Waals surface area contributed by atoms with Crippen LogP contribution in [0.4, 0.5) is 26.3 Å². The van der Waals surface area contributed by atoms with Gasteiger partial charge < -0.3 is 4.74 Å². The maximum atomic E-state index is 12.2. The summed E-state index contributed by atoms with van der Waals surface area (Å²) in [5, 5.41) is 0. The second-order valence-electron chi connectivity index (χ2n) is 3.72. The van der Waals surface area contributed by atoms with Gasteiger partial charge in [0.1, 0.15) is 0 Å². The lowest BCUT2D eigenvalue weighted by atomic mass is 10.1. The number of ether oxygens (including phenoxy) is 1. The molecule has 0 bridgehead atoms. The average molecular weight is 284 g/mol. The van der Waals surface area contributed by atoms with Gasteiger partial charge in [0.15, 0.2) is 0 Å². The molecule has 1 nitrogen and oxygen atoms in total. The van der Waals surface area contributed by atoms with E-state index in [0.29, 0.717) is 5.56 Å². The summed E-state index contributed by atoms with van der Waals surface area (Å²) in [6, 6.07) is 5.78. The van der Waals surface area contributed by atoms with Gasteiger partial charge in [0, 0.05) is 0 Å². The van der Waals surface area contributed by atoms with Crippen LogP contribution in [-0.4, -0.2) is 18.5 Å². The van der Waals surface area contributed by atoms with Crippen LogP contribution in [0.25, 0.3) is 6.08 Å². The highest BCUT2D eigenvalue weighted by Gasteiger charge is 2.57. The Balaban J connectivity index is 2.73. The topological polar surface area (TPSA) is 9.23 Å². The van der Waals surface area contributed by atoms with E-state index >= 15 is 0 Å². The van der Waals surface area contributed by atoms with Crippen molar-refractivity contribution < 1.29 is 31.1 Å². The van der Waals surface area contributed by atoms with Crippen molar-refractivity contribution in [3.05, 3.63) is 42.0 Å². The van der Waals surface area contributed by atoms with E-state index in [1.54, 1.807) is 0 Å². The van der Waals surface area contributed by atoms with E-state index in [4.69, 9.17) is 0 Å². The third-order valence-electron chi connectivity index (χ3n) is 2.23. The van der Waals surface area contributed by atoms with Crippen molar-refractivity contribution in [1.82, 2.24) is 0 Å². The van der Waals surface area contributed by atoms with E-state index in [1.807, 2.05) is 0 Å². The zero-order chi connectivity index (χ0) is 14.7. The fourth-order valence-corrected chi connectivity index (χ4v) is 1.30. The van der Waals surface area contributed by atoms with Crippen LogP contribution < -0.4 is 0 Å². The predicted molar refractivity (Wildman–Crippen MR) is 57.2 cm³/mol. The molecule has 0 atom stereocenters. The van der Waals surface area contributed by atoms with Gasteiger partial charge >= 0.3 is 12.4 Å². The van der Waals surface area contributed by atoms with Gasteiger partial charge in [0.2, 0.25) is 6.10 Å². The molecule has 0 N–H and O–H groups in total.